The van der Waals surface area contributed by atoms with Gasteiger partial charge in [0.2, 0.25) is 0 Å². The molecule has 2 rings (SSSR count). The molecule has 3 nitrogen and oxygen atoms in total. The monoisotopic (exact) mass is 309 g/mol. The average Bonchev–Trinajstić information content (AvgIpc) is 2.78. The number of hydrogen-bond donors (Lipinski definition) is 1. The summed E-state index contributed by atoms with van der Waals surface area (Å²) in [6.07, 6.45) is 0. The molecular formula is C17H28ClN3. The lowest BCUT2D eigenvalue weighted by molar-refractivity contribution is 0.266. The van der Waals surface area contributed by atoms with Crippen molar-refractivity contribution in [2.45, 2.75) is 39.4 Å². The Morgan fingerprint density at radius 1 is 1.33 bits per heavy atom. The van der Waals surface area contributed by atoms with Crippen molar-refractivity contribution >= 4 is 17.3 Å². The molecule has 21 heavy (non-hydrogen) atoms. The van der Waals surface area contributed by atoms with Gasteiger partial charge in [0.05, 0.1) is 10.7 Å². The van der Waals surface area contributed by atoms with Crippen molar-refractivity contribution < 1.29 is 0 Å². The zero-order valence-electron chi connectivity index (χ0n) is 13.9. The summed E-state index contributed by atoms with van der Waals surface area (Å²) in [4.78, 5) is 4.73. The molecule has 1 heterocycles. The number of rotatable bonds is 5. The number of benzene rings is 1. The lowest BCUT2D eigenvalue weighted by Crippen LogP contribution is -2.34. The first-order chi connectivity index (χ1) is 9.88. The van der Waals surface area contributed by atoms with Gasteiger partial charge in [-0.25, -0.2) is 0 Å². The molecule has 1 N–H and O–H groups in total. The van der Waals surface area contributed by atoms with Crippen LogP contribution in [0, 0.1) is 5.92 Å². The van der Waals surface area contributed by atoms with Crippen LogP contribution in [0.1, 0.15) is 26.3 Å². The van der Waals surface area contributed by atoms with Gasteiger partial charge in [0.25, 0.3) is 0 Å². The highest BCUT2D eigenvalue weighted by Crippen LogP contribution is 2.32. The Morgan fingerprint density at radius 3 is 2.57 bits per heavy atom. The van der Waals surface area contributed by atoms with Crippen LogP contribution in [0.4, 0.5) is 5.69 Å². The summed E-state index contributed by atoms with van der Waals surface area (Å²) in [7, 11) is 4.32. The summed E-state index contributed by atoms with van der Waals surface area (Å²) in [5, 5.41) is 4.29. The first kappa shape index (κ1) is 16.6. The molecule has 1 aliphatic rings. The molecule has 0 amide bonds. The van der Waals surface area contributed by atoms with Gasteiger partial charge in [0.1, 0.15) is 0 Å². The van der Waals surface area contributed by atoms with Crippen LogP contribution in [0.25, 0.3) is 0 Å². The van der Waals surface area contributed by atoms with E-state index in [4.69, 9.17) is 11.6 Å². The molecule has 2 atom stereocenters. The fraction of sp³-hybridized carbons (Fsp3) is 0.647. The molecule has 0 bridgehead atoms. The fourth-order valence-electron chi connectivity index (χ4n) is 3.06. The van der Waals surface area contributed by atoms with Crippen LogP contribution in [-0.4, -0.2) is 44.2 Å². The predicted molar refractivity (Wildman–Crippen MR) is 92.3 cm³/mol. The molecule has 2 unspecified atom stereocenters. The SMILES string of the molecule is CC(C)NCc1ccc(N2CC(C)C(N(C)C)C2)c(Cl)c1. The van der Waals surface area contributed by atoms with Gasteiger partial charge in [-0.2, -0.15) is 0 Å². The largest absolute Gasteiger partial charge is 0.368 e. The van der Waals surface area contributed by atoms with E-state index in [1.54, 1.807) is 0 Å². The molecular weight excluding hydrogens is 282 g/mol. The van der Waals surface area contributed by atoms with Gasteiger partial charge in [0, 0.05) is 31.7 Å². The normalized spacial score (nSPS) is 22.6. The summed E-state index contributed by atoms with van der Waals surface area (Å²) >= 11 is 6.52. The van der Waals surface area contributed by atoms with Gasteiger partial charge >= 0.3 is 0 Å². The van der Waals surface area contributed by atoms with Gasteiger partial charge in [-0.15, -0.1) is 0 Å². The van der Waals surface area contributed by atoms with Crippen LogP contribution in [0.15, 0.2) is 18.2 Å². The maximum absolute atomic E-state index is 6.52. The number of anilines is 1. The maximum Gasteiger partial charge on any atom is 0.0642 e. The second-order valence-corrected chi connectivity index (χ2v) is 7.14. The topological polar surface area (TPSA) is 18.5 Å². The van der Waals surface area contributed by atoms with Crippen molar-refractivity contribution in [1.82, 2.24) is 10.2 Å². The van der Waals surface area contributed by atoms with Crippen molar-refractivity contribution in [2.24, 2.45) is 5.92 Å². The highest BCUT2D eigenvalue weighted by atomic mass is 35.5. The Morgan fingerprint density at radius 2 is 2.05 bits per heavy atom. The van der Waals surface area contributed by atoms with Crippen LogP contribution in [0.3, 0.4) is 0 Å². The minimum absolute atomic E-state index is 0.490. The van der Waals surface area contributed by atoms with E-state index < -0.39 is 0 Å². The highest BCUT2D eigenvalue weighted by Gasteiger charge is 2.31. The number of nitrogens with zero attached hydrogens (tertiary/aromatic N) is 2. The number of likely N-dealkylation sites (N-methyl/N-ethyl adjacent to an activating group) is 1. The summed E-state index contributed by atoms with van der Waals surface area (Å²) in [5.74, 6) is 0.665. The Bertz CT molecular complexity index is 473. The smallest absolute Gasteiger partial charge is 0.0642 e. The zero-order valence-corrected chi connectivity index (χ0v) is 14.6. The highest BCUT2D eigenvalue weighted by molar-refractivity contribution is 6.33. The lowest BCUT2D eigenvalue weighted by Gasteiger charge is -2.23. The average molecular weight is 310 g/mol. The van der Waals surface area contributed by atoms with Crippen LogP contribution < -0.4 is 10.2 Å². The minimum atomic E-state index is 0.490. The van der Waals surface area contributed by atoms with Crippen molar-refractivity contribution in [3.05, 3.63) is 28.8 Å². The van der Waals surface area contributed by atoms with Gasteiger partial charge in [0.15, 0.2) is 0 Å². The second kappa shape index (κ2) is 6.99. The first-order valence-electron chi connectivity index (χ1n) is 7.81. The Balaban J connectivity index is 2.08. The molecule has 1 aromatic rings. The molecule has 1 aliphatic heterocycles. The third-order valence-corrected chi connectivity index (χ3v) is 4.61. The van der Waals surface area contributed by atoms with Gasteiger partial charge in [-0.1, -0.05) is 38.4 Å². The Labute approximate surface area is 134 Å². The molecule has 0 aliphatic carbocycles. The molecule has 1 saturated heterocycles. The number of halogens is 1. The van der Waals surface area contributed by atoms with Crippen molar-refractivity contribution in [3.63, 3.8) is 0 Å². The molecule has 0 radical (unpaired) electrons. The van der Waals surface area contributed by atoms with Crippen molar-refractivity contribution in [1.29, 1.82) is 0 Å². The van der Waals surface area contributed by atoms with E-state index in [9.17, 15) is 0 Å². The summed E-state index contributed by atoms with van der Waals surface area (Å²) in [5.41, 5.74) is 2.41. The van der Waals surface area contributed by atoms with E-state index in [1.165, 1.54) is 11.3 Å². The molecule has 0 spiro atoms. The second-order valence-electron chi connectivity index (χ2n) is 6.73. The van der Waals surface area contributed by atoms with Gasteiger partial charge < -0.3 is 15.1 Å². The molecule has 1 aromatic carbocycles. The van der Waals surface area contributed by atoms with E-state index >= 15 is 0 Å². The molecule has 118 valence electrons. The Kier molecular flexibility index (Phi) is 5.53. The third-order valence-electron chi connectivity index (χ3n) is 4.30. The zero-order chi connectivity index (χ0) is 15.6. The maximum atomic E-state index is 6.52. The van der Waals surface area contributed by atoms with Crippen molar-refractivity contribution in [2.75, 3.05) is 32.1 Å². The molecule has 0 saturated carbocycles. The summed E-state index contributed by atoms with van der Waals surface area (Å²) < 4.78 is 0. The van der Waals surface area contributed by atoms with E-state index in [2.05, 4.69) is 68.2 Å². The number of nitrogens with one attached hydrogen (secondary N) is 1. The molecule has 1 fully saturated rings. The number of hydrogen-bond acceptors (Lipinski definition) is 3. The van der Waals surface area contributed by atoms with Crippen LogP contribution in [0.5, 0.6) is 0 Å². The quantitative estimate of drug-likeness (QED) is 0.901. The molecule has 4 heteroatoms. The fourth-order valence-corrected chi connectivity index (χ4v) is 3.38. The third kappa shape index (κ3) is 4.12. The van der Waals surface area contributed by atoms with Crippen LogP contribution >= 0.6 is 11.6 Å². The lowest BCUT2D eigenvalue weighted by atomic mass is 10.1. The standard InChI is InChI=1S/C17H28ClN3/c1-12(2)19-9-14-6-7-16(15(18)8-14)21-10-13(3)17(11-21)20(4)5/h6-8,12-13,17,19H,9-11H2,1-5H3. The van der Waals surface area contributed by atoms with E-state index in [0.29, 0.717) is 18.0 Å². The summed E-state index contributed by atoms with van der Waals surface area (Å²) in [6, 6.07) is 7.54. The van der Waals surface area contributed by atoms with Crippen LogP contribution in [0.2, 0.25) is 5.02 Å². The van der Waals surface area contributed by atoms with E-state index in [0.717, 1.165) is 24.7 Å². The Hall–Kier alpha value is -0.770. The van der Waals surface area contributed by atoms with Gasteiger partial charge in [-0.3, -0.25) is 0 Å². The predicted octanol–water partition coefficient (Wildman–Crippen LogP) is 3.22. The minimum Gasteiger partial charge on any atom is -0.368 e. The molecule has 0 aromatic heterocycles. The van der Waals surface area contributed by atoms with Crippen molar-refractivity contribution in [3.8, 4) is 0 Å². The van der Waals surface area contributed by atoms with E-state index in [1.807, 2.05) is 0 Å². The van der Waals surface area contributed by atoms with Crippen LogP contribution in [-0.2, 0) is 6.54 Å². The van der Waals surface area contributed by atoms with Gasteiger partial charge in [-0.05, 0) is 37.7 Å². The first-order valence-corrected chi connectivity index (χ1v) is 8.19. The van der Waals surface area contributed by atoms with E-state index in [-0.39, 0.29) is 0 Å². The summed E-state index contributed by atoms with van der Waals surface area (Å²) in [6.45, 7) is 9.63.